The lowest BCUT2D eigenvalue weighted by molar-refractivity contribution is -0.144. The number of ether oxygens (including phenoxy) is 2. The van der Waals surface area contributed by atoms with Gasteiger partial charge in [-0.3, -0.25) is 9.69 Å². The van der Waals surface area contributed by atoms with Gasteiger partial charge >= 0.3 is 5.97 Å². The average Bonchev–Trinajstić information content (AvgIpc) is 3.14. The minimum absolute atomic E-state index is 0.0320. The van der Waals surface area contributed by atoms with E-state index in [0.29, 0.717) is 17.9 Å². The number of nitrogens with one attached hydrogen (secondary N) is 1. The molecule has 26 heavy (non-hydrogen) atoms. The maximum Gasteiger partial charge on any atom is 0.312 e. The first-order valence-corrected chi connectivity index (χ1v) is 9.81. The Morgan fingerprint density at radius 1 is 1.27 bits per heavy atom. The summed E-state index contributed by atoms with van der Waals surface area (Å²) in [6, 6.07) is 9.00. The molecule has 0 spiro atoms. The molecule has 3 fully saturated rings. The van der Waals surface area contributed by atoms with Gasteiger partial charge in [-0.15, -0.1) is 0 Å². The van der Waals surface area contributed by atoms with Crippen LogP contribution in [0.5, 0.6) is 0 Å². The number of aromatic amines is 1. The maximum absolute atomic E-state index is 12.5. The monoisotopic (exact) mass is 352 g/mol. The Kier molecular flexibility index (Phi) is 3.12. The van der Waals surface area contributed by atoms with Crippen LogP contribution in [0.4, 0.5) is 0 Å². The second-order valence-electron chi connectivity index (χ2n) is 8.42. The fraction of sp³-hybridized carbons (Fsp3) is 0.571. The number of hydrogen-bond acceptors (Lipinski definition) is 4. The predicted octanol–water partition coefficient (Wildman–Crippen LogP) is 2.66. The predicted molar refractivity (Wildman–Crippen MR) is 96.7 cm³/mol. The van der Waals surface area contributed by atoms with Crippen LogP contribution in [0.1, 0.15) is 30.1 Å². The molecule has 0 amide bonds. The average molecular weight is 352 g/mol. The molecular formula is C21H24N2O3. The van der Waals surface area contributed by atoms with Gasteiger partial charge in [-0.1, -0.05) is 18.2 Å². The Labute approximate surface area is 152 Å². The fourth-order valence-electron chi connectivity index (χ4n) is 6.29. The second-order valence-corrected chi connectivity index (χ2v) is 8.42. The summed E-state index contributed by atoms with van der Waals surface area (Å²) in [5.74, 6) is 0.797. The Morgan fingerprint density at radius 2 is 2.15 bits per heavy atom. The van der Waals surface area contributed by atoms with Crippen LogP contribution in [0.25, 0.3) is 10.9 Å². The van der Waals surface area contributed by atoms with Gasteiger partial charge in [0.25, 0.3) is 0 Å². The highest BCUT2D eigenvalue weighted by molar-refractivity contribution is 5.85. The van der Waals surface area contributed by atoms with Gasteiger partial charge in [-0.2, -0.15) is 0 Å². The number of aromatic nitrogens is 1. The van der Waals surface area contributed by atoms with Crippen molar-refractivity contribution < 1.29 is 14.3 Å². The van der Waals surface area contributed by atoms with Crippen LogP contribution in [0, 0.1) is 17.8 Å². The topological polar surface area (TPSA) is 54.6 Å². The normalized spacial score (nSPS) is 38.6. The van der Waals surface area contributed by atoms with Gasteiger partial charge in [0.2, 0.25) is 0 Å². The van der Waals surface area contributed by atoms with E-state index in [1.54, 1.807) is 7.11 Å². The smallest absolute Gasteiger partial charge is 0.312 e. The van der Waals surface area contributed by atoms with E-state index < -0.39 is 0 Å². The summed E-state index contributed by atoms with van der Waals surface area (Å²) in [5, 5.41) is 1.36. The molecule has 2 bridgehead atoms. The van der Waals surface area contributed by atoms with E-state index in [2.05, 4.69) is 34.1 Å². The molecule has 3 aliphatic heterocycles. The standard InChI is InChI=1S/C21H24N2O3/c1-25-20-17-8-11-10-23-7-6-13-12-4-2-3-5-15(12)22-19(13)16(23)9-14(11)18(20)21(24)26-17/h2-5,11,14,16-18,20,22H,6-10H2,1H3/t11-,14+,16-,17-,18+,20+/m1/s1. The van der Waals surface area contributed by atoms with Crippen molar-refractivity contribution in [3.63, 3.8) is 0 Å². The van der Waals surface area contributed by atoms with E-state index in [4.69, 9.17) is 9.47 Å². The molecule has 1 saturated carbocycles. The molecule has 6 rings (SSSR count). The molecule has 2 saturated heterocycles. The van der Waals surface area contributed by atoms with Crippen LogP contribution >= 0.6 is 0 Å². The number of H-pyrrole nitrogens is 1. The van der Waals surface area contributed by atoms with Crippen molar-refractivity contribution in [2.24, 2.45) is 17.8 Å². The van der Waals surface area contributed by atoms with Crippen molar-refractivity contribution in [2.75, 3.05) is 20.2 Å². The highest BCUT2D eigenvalue weighted by atomic mass is 16.6. The zero-order chi connectivity index (χ0) is 17.4. The lowest BCUT2D eigenvalue weighted by Gasteiger charge is -2.50. The number of piperidine rings is 1. The molecular weight excluding hydrogens is 328 g/mol. The third kappa shape index (κ3) is 1.90. The van der Waals surface area contributed by atoms with Crippen LogP contribution in [0.3, 0.4) is 0 Å². The Morgan fingerprint density at radius 3 is 3.04 bits per heavy atom. The van der Waals surface area contributed by atoms with Crippen molar-refractivity contribution in [3.8, 4) is 0 Å². The lowest BCUT2D eigenvalue weighted by atomic mass is 9.65. The van der Waals surface area contributed by atoms with Crippen LogP contribution in [-0.4, -0.2) is 48.3 Å². The Balaban J connectivity index is 1.40. The van der Waals surface area contributed by atoms with E-state index in [-0.39, 0.29) is 24.1 Å². The van der Waals surface area contributed by atoms with Crippen LogP contribution in [0.15, 0.2) is 24.3 Å². The summed E-state index contributed by atoms with van der Waals surface area (Å²) < 4.78 is 11.3. The van der Waals surface area contributed by atoms with Gasteiger partial charge in [0, 0.05) is 36.8 Å². The van der Waals surface area contributed by atoms with Gasteiger partial charge in [0.05, 0.1) is 12.0 Å². The Hall–Kier alpha value is -1.85. The van der Waals surface area contributed by atoms with Gasteiger partial charge in [-0.25, -0.2) is 0 Å². The molecule has 0 unspecified atom stereocenters. The van der Waals surface area contributed by atoms with Crippen molar-refractivity contribution in [3.05, 3.63) is 35.5 Å². The molecule has 1 N–H and O–H groups in total. The summed E-state index contributed by atoms with van der Waals surface area (Å²) in [4.78, 5) is 18.8. The summed E-state index contributed by atoms with van der Waals surface area (Å²) in [6.07, 6.45) is 2.99. The molecule has 5 nitrogen and oxygen atoms in total. The molecule has 1 aromatic heterocycles. The van der Waals surface area contributed by atoms with Crippen molar-refractivity contribution in [2.45, 2.75) is 37.5 Å². The van der Waals surface area contributed by atoms with Crippen LogP contribution in [-0.2, 0) is 20.7 Å². The fourth-order valence-corrected chi connectivity index (χ4v) is 6.29. The highest BCUT2D eigenvalue weighted by Crippen LogP contribution is 2.52. The van der Waals surface area contributed by atoms with Gasteiger partial charge < -0.3 is 14.5 Å². The minimum atomic E-state index is -0.0827. The number of rotatable bonds is 1. The first-order chi connectivity index (χ1) is 12.7. The van der Waals surface area contributed by atoms with Gasteiger partial charge in [0.15, 0.2) is 0 Å². The largest absolute Gasteiger partial charge is 0.459 e. The number of esters is 1. The van der Waals surface area contributed by atoms with Crippen LogP contribution in [0.2, 0.25) is 0 Å². The molecule has 6 atom stereocenters. The number of nitrogens with zero attached hydrogens (tertiary/aromatic N) is 1. The third-order valence-electron chi connectivity index (χ3n) is 7.37. The molecule has 1 aliphatic carbocycles. The summed E-state index contributed by atoms with van der Waals surface area (Å²) >= 11 is 0. The lowest BCUT2D eigenvalue weighted by Crippen LogP contribution is -2.53. The summed E-state index contributed by atoms with van der Waals surface area (Å²) in [5.41, 5.74) is 4.09. The first-order valence-electron chi connectivity index (χ1n) is 9.81. The molecule has 2 aromatic rings. The molecule has 4 heterocycles. The van der Waals surface area contributed by atoms with Gasteiger partial charge in [-0.05, 0) is 42.7 Å². The number of fused-ring (bicyclic) bond motifs is 9. The van der Waals surface area contributed by atoms with E-state index in [1.165, 1.54) is 22.2 Å². The number of para-hydroxylation sites is 1. The molecule has 136 valence electrons. The SMILES string of the molecule is CO[C@@H]1[C@H]2C(=O)O[C@@H]1C[C@@H]1CN3CCc4c([nH]c5ccccc45)[C@H]3C[C@@H]12. The maximum atomic E-state index is 12.5. The second kappa shape index (κ2) is 5.33. The van der Waals surface area contributed by atoms with Crippen molar-refractivity contribution >= 4 is 16.9 Å². The molecule has 5 heteroatoms. The number of carbonyl (C=O) groups excluding carboxylic acids is 1. The zero-order valence-corrected chi connectivity index (χ0v) is 15.0. The molecule has 4 aliphatic rings. The van der Waals surface area contributed by atoms with E-state index in [1.807, 2.05) is 0 Å². The van der Waals surface area contributed by atoms with Crippen molar-refractivity contribution in [1.82, 2.24) is 9.88 Å². The third-order valence-corrected chi connectivity index (χ3v) is 7.37. The number of methoxy groups -OCH3 is 1. The quantitative estimate of drug-likeness (QED) is 0.802. The van der Waals surface area contributed by atoms with E-state index >= 15 is 0 Å². The van der Waals surface area contributed by atoms with Crippen LogP contribution < -0.4 is 0 Å². The molecule has 0 radical (unpaired) electrons. The Bertz CT molecular complexity index is 891. The first kappa shape index (κ1) is 15.2. The minimum Gasteiger partial charge on any atom is -0.459 e. The summed E-state index contributed by atoms with van der Waals surface area (Å²) in [7, 11) is 1.72. The number of carbonyl (C=O) groups is 1. The van der Waals surface area contributed by atoms with E-state index in [9.17, 15) is 4.79 Å². The van der Waals surface area contributed by atoms with E-state index in [0.717, 1.165) is 32.4 Å². The zero-order valence-electron chi connectivity index (χ0n) is 15.0. The van der Waals surface area contributed by atoms with Gasteiger partial charge in [0.1, 0.15) is 12.2 Å². The highest BCUT2D eigenvalue weighted by Gasteiger charge is 2.58. The number of benzene rings is 1. The summed E-state index contributed by atoms with van der Waals surface area (Å²) in [6.45, 7) is 2.19. The number of hydrogen-bond donors (Lipinski definition) is 1. The molecule has 1 aromatic carbocycles. The van der Waals surface area contributed by atoms with Crippen molar-refractivity contribution in [1.29, 1.82) is 0 Å².